The third-order valence-electron chi connectivity index (χ3n) is 3.60. The van der Waals surface area contributed by atoms with Crippen molar-refractivity contribution in [2.45, 2.75) is 32.4 Å². The van der Waals surface area contributed by atoms with E-state index < -0.39 is 22.8 Å². The zero-order chi connectivity index (χ0) is 20.0. The van der Waals surface area contributed by atoms with Gasteiger partial charge in [0.1, 0.15) is 0 Å². The number of nitro groups is 1. The minimum absolute atomic E-state index is 0.149. The standard InChI is InChI=1S/C18H19N3O6/c1-11(2)27-17(23)9-14(13-5-3-4-6-15(13)21(25)26)20-18(24)12-7-8-16(22)19-10-12/h3-8,10-11,14H,9H2,1-2H3,(H,19,22)(H,20,24)/t14-/m1/s1. The molecule has 9 nitrogen and oxygen atoms in total. The number of H-pyrrole nitrogens is 1. The van der Waals surface area contributed by atoms with Crippen molar-refractivity contribution in [2.24, 2.45) is 0 Å². The summed E-state index contributed by atoms with van der Waals surface area (Å²) in [6.07, 6.45) is 0.581. The number of aromatic nitrogens is 1. The molecule has 0 bridgehead atoms. The first-order valence-corrected chi connectivity index (χ1v) is 8.20. The fourth-order valence-corrected chi connectivity index (χ4v) is 2.46. The number of hydrogen-bond acceptors (Lipinski definition) is 6. The number of carbonyl (C=O) groups excluding carboxylic acids is 2. The first-order chi connectivity index (χ1) is 12.8. The number of rotatable bonds is 7. The Morgan fingerprint density at radius 3 is 2.52 bits per heavy atom. The number of carbonyl (C=O) groups is 2. The van der Waals surface area contributed by atoms with Crippen molar-refractivity contribution >= 4 is 17.6 Å². The molecule has 0 aliphatic heterocycles. The van der Waals surface area contributed by atoms with E-state index in [4.69, 9.17) is 4.74 Å². The van der Waals surface area contributed by atoms with E-state index in [0.29, 0.717) is 0 Å². The van der Waals surface area contributed by atoms with E-state index in [0.717, 1.165) is 0 Å². The van der Waals surface area contributed by atoms with Crippen LogP contribution in [-0.4, -0.2) is 27.9 Å². The van der Waals surface area contributed by atoms with Crippen molar-refractivity contribution in [3.05, 3.63) is 74.2 Å². The quantitative estimate of drug-likeness (QED) is 0.434. The second kappa shape index (κ2) is 8.75. The lowest BCUT2D eigenvalue weighted by molar-refractivity contribution is -0.385. The second-order valence-electron chi connectivity index (χ2n) is 6.03. The molecule has 27 heavy (non-hydrogen) atoms. The summed E-state index contributed by atoms with van der Waals surface area (Å²) >= 11 is 0. The van der Waals surface area contributed by atoms with Crippen molar-refractivity contribution in [3.8, 4) is 0 Å². The number of ether oxygens (including phenoxy) is 1. The van der Waals surface area contributed by atoms with Crippen molar-refractivity contribution in [3.63, 3.8) is 0 Å². The van der Waals surface area contributed by atoms with Gasteiger partial charge in [0.25, 0.3) is 11.6 Å². The molecule has 0 spiro atoms. The number of hydrogen-bond donors (Lipinski definition) is 2. The van der Waals surface area contributed by atoms with E-state index >= 15 is 0 Å². The molecule has 1 heterocycles. The Morgan fingerprint density at radius 2 is 1.93 bits per heavy atom. The van der Waals surface area contributed by atoms with Gasteiger partial charge in [-0.05, 0) is 19.9 Å². The fraction of sp³-hybridized carbons (Fsp3) is 0.278. The number of para-hydroxylation sites is 1. The number of benzene rings is 1. The molecule has 0 aliphatic carbocycles. The summed E-state index contributed by atoms with van der Waals surface area (Å²) in [6.45, 7) is 3.35. The molecule has 2 N–H and O–H groups in total. The smallest absolute Gasteiger partial charge is 0.308 e. The third kappa shape index (κ3) is 5.50. The predicted molar refractivity (Wildman–Crippen MR) is 96.2 cm³/mol. The summed E-state index contributed by atoms with van der Waals surface area (Å²) in [5.74, 6) is -1.19. The summed E-state index contributed by atoms with van der Waals surface area (Å²) in [4.78, 5) is 48.8. The molecular weight excluding hydrogens is 354 g/mol. The summed E-state index contributed by atoms with van der Waals surface area (Å²) in [6, 6.07) is 7.36. The lowest BCUT2D eigenvalue weighted by Crippen LogP contribution is -2.32. The molecule has 0 fully saturated rings. The molecule has 1 aromatic heterocycles. The van der Waals surface area contributed by atoms with Crippen LogP contribution in [0.25, 0.3) is 0 Å². The van der Waals surface area contributed by atoms with E-state index in [-0.39, 0.29) is 34.9 Å². The lowest BCUT2D eigenvalue weighted by Gasteiger charge is -2.19. The molecule has 2 rings (SSSR count). The van der Waals surface area contributed by atoms with E-state index in [9.17, 15) is 24.5 Å². The van der Waals surface area contributed by atoms with E-state index in [1.165, 1.54) is 36.5 Å². The zero-order valence-electron chi connectivity index (χ0n) is 14.8. The topological polar surface area (TPSA) is 131 Å². The van der Waals surface area contributed by atoms with Gasteiger partial charge in [-0.1, -0.05) is 18.2 Å². The van der Waals surface area contributed by atoms with Crippen LogP contribution in [-0.2, 0) is 9.53 Å². The molecule has 9 heteroatoms. The molecule has 0 saturated heterocycles. The van der Waals surface area contributed by atoms with Gasteiger partial charge in [0.2, 0.25) is 5.56 Å². The summed E-state index contributed by atoms with van der Waals surface area (Å²) < 4.78 is 5.10. The molecule has 1 aromatic carbocycles. The molecule has 1 amide bonds. The maximum atomic E-state index is 12.5. The highest BCUT2D eigenvalue weighted by atomic mass is 16.6. The second-order valence-corrected chi connectivity index (χ2v) is 6.03. The van der Waals surface area contributed by atoms with Crippen LogP contribution in [0.3, 0.4) is 0 Å². The Morgan fingerprint density at radius 1 is 1.22 bits per heavy atom. The number of esters is 1. The first-order valence-electron chi connectivity index (χ1n) is 8.20. The van der Waals surface area contributed by atoms with Gasteiger partial charge < -0.3 is 15.0 Å². The molecule has 0 aliphatic rings. The molecule has 0 unspecified atom stereocenters. The monoisotopic (exact) mass is 373 g/mol. The Labute approximate surface area is 154 Å². The lowest BCUT2D eigenvalue weighted by atomic mass is 10.0. The van der Waals surface area contributed by atoms with Gasteiger partial charge >= 0.3 is 5.97 Å². The third-order valence-corrected chi connectivity index (χ3v) is 3.60. The Hall–Kier alpha value is -3.49. The average Bonchev–Trinajstić information content (AvgIpc) is 2.61. The largest absolute Gasteiger partial charge is 0.463 e. The summed E-state index contributed by atoms with van der Waals surface area (Å²) in [7, 11) is 0. The number of nitrogens with zero attached hydrogens (tertiary/aromatic N) is 1. The van der Waals surface area contributed by atoms with Crippen LogP contribution in [0.1, 0.15) is 42.2 Å². The van der Waals surface area contributed by atoms with Crippen LogP contribution in [0.5, 0.6) is 0 Å². The van der Waals surface area contributed by atoms with Gasteiger partial charge in [0.05, 0.1) is 34.6 Å². The minimum Gasteiger partial charge on any atom is -0.463 e. The van der Waals surface area contributed by atoms with Gasteiger partial charge in [-0.3, -0.25) is 24.5 Å². The highest BCUT2D eigenvalue weighted by Crippen LogP contribution is 2.27. The zero-order valence-corrected chi connectivity index (χ0v) is 14.8. The van der Waals surface area contributed by atoms with Gasteiger partial charge in [-0.25, -0.2) is 0 Å². The number of pyridine rings is 1. The Bertz CT molecular complexity index is 885. The van der Waals surface area contributed by atoms with Crippen LogP contribution in [0.2, 0.25) is 0 Å². The molecular formula is C18H19N3O6. The van der Waals surface area contributed by atoms with Gasteiger partial charge in [0, 0.05) is 18.3 Å². The number of nitrogens with one attached hydrogen (secondary N) is 2. The van der Waals surface area contributed by atoms with E-state index in [2.05, 4.69) is 10.3 Å². The minimum atomic E-state index is -0.975. The first kappa shape index (κ1) is 19.8. The van der Waals surface area contributed by atoms with Gasteiger partial charge in [0.15, 0.2) is 0 Å². The van der Waals surface area contributed by atoms with E-state index in [1.54, 1.807) is 19.9 Å². The van der Waals surface area contributed by atoms with Crippen molar-refractivity contribution < 1.29 is 19.2 Å². The normalized spacial score (nSPS) is 11.7. The Balaban J connectivity index is 2.33. The maximum Gasteiger partial charge on any atom is 0.308 e. The van der Waals surface area contributed by atoms with Crippen molar-refractivity contribution in [1.82, 2.24) is 10.3 Å². The van der Waals surface area contributed by atoms with Crippen LogP contribution in [0, 0.1) is 10.1 Å². The van der Waals surface area contributed by atoms with Crippen molar-refractivity contribution in [1.29, 1.82) is 0 Å². The predicted octanol–water partition coefficient (Wildman–Crippen LogP) is 2.10. The highest BCUT2D eigenvalue weighted by molar-refractivity contribution is 5.94. The van der Waals surface area contributed by atoms with Crippen LogP contribution in [0.15, 0.2) is 47.4 Å². The van der Waals surface area contributed by atoms with Crippen LogP contribution >= 0.6 is 0 Å². The van der Waals surface area contributed by atoms with Crippen molar-refractivity contribution in [2.75, 3.05) is 0 Å². The van der Waals surface area contributed by atoms with E-state index in [1.807, 2.05) is 0 Å². The van der Waals surface area contributed by atoms with Crippen LogP contribution < -0.4 is 10.9 Å². The number of amides is 1. The fourth-order valence-electron chi connectivity index (χ4n) is 2.46. The molecule has 2 aromatic rings. The van der Waals surface area contributed by atoms with Gasteiger partial charge in [-0.2, -0.15) is 0 Å². The SMILES string of the molecule is CC(C)OC(=O)C[C@@H](NC(=O)c1ccc(=O)[nH]c1)c1ccccc1[N+](=O)[O-]. The van der Waals surface area contributed by atoms with Crippen LogP contribution in [0.4, 0.5) is 5.69 Å². The Kier molecular flexibility index (Phi) is 6.42. The molecule has 1 atom stereocenters. The summed E-state index contributed by atoms with van der Waals surface area (Å²) in [5.41, 5.74) is -0.264. The highest BCUT2D eigenvalue weighted by Gasteiger charge is 2.27. The number of aromatic amines is 1. The number of nitro benzene ring substituents is 1. The maximum absolute atomic E-state index is 12.5. The summed E-state index contributed by atoms with van der Waals surface area (Å²) in [5, 5.41) is 13.9. The average molecular weight is 373 g/mol. The van der Waals surface area contributed by atoms with Gasteiger partial charge in [-0.15, -0.1) is 0 Å². The molecule has 0 radical (unpaired) electrons. The molecule has 142 valence electrons. The molecule has 0 saturated carbocycles.